The summed E-state index contributed by atoms with van der Waals surface area (Å²) in [5.41, 5.74) is 1.91. The molecule has 2 aromatic carbocycles. The lowest BCUT2D eigenvalue weighted by molar-refractivity contribution is -0.132. The fourth-order valence-corrected chi connectivity index (χ4v) is 4.43. The minimum absolute atomic E-state index is 0.00470. The monoisotopic (exact) mass is 523 g/mol. The second-order valence-corrected chi connectivity index (χ2v) is 9.95. The Morgan fingerprint density at radius 3 is 2.30 bits per heavy atom. The molecule has 1 aromatic heterocycles. The molecule has 0 atom stereocenters. The topological polar surface area (TPSA) is 69.6 Å². The molecule has 0 bridgehead atoms. The Bertz CT molecular complexity index is 1210. The molecule has 1 saturated heterocycles. The number of hydrogen-bond acceptors (Lipinski definition) is 5. The normalized spacial score (nSPS) is 13.6. The molecule has 3 aromatic rings. The van der Waals surface area contributed by atoms with Crippen LogP contribution in [0.15, 0.2) is 60.7 Å². The van der Waals surface area contributed by atoms with Crippen molar-refractivity contribution in [3.63, 3.8) is 0 Å². The first-order valence-electron chi connectivity index (χ1n) is 12.5. The highest BCUT2D eigenvalue weighted by molar-refractivity contribution is 6.33. The number of nitrogens with zero attached hydrogens (tertiary/aromatic N) is 5. The molecule has 1 aliphatic rings. The van der Waals surface area contributed by atoms with E-state index in [1.54, 1.807) is 9.80 Å². The molecule has 37 heavy (non-hydrogen) atoms. The van der Waals surface area contributed by atoms with Gasteiger partial charge in [0.05, 0.1) is 10.7 Å². The Kier molecular flexibility index (Phi) is 8.71. The molecule has 0 radical (unpaired) electrons. The highest BCUT2D eigenvalue weighted by Gasteiger charge is 2.26. The Morgan fingerprint density at radius 1 is 0.973 bits per heavy atom. The van der Waals surface area contributed by atoms with Crippen molar-refractivity contribution in [1.82, 2.24) is 20.0 Å². The standard InChI is InChI=1S/C28H31ClFN5O2/c1-20(2)13-14-35(28(37)21-7-9-22(30)10-8-21)19-27(36)34-17-15-33(16-18-34)26-12-11-25(31-32-26)23-5-3-4-6-24(23)29/h3-12,20H,13-19H2,1-2H3. The molecule has 0 aliphatic carbocycles. The number of benzene rings is 2. The Balaban J connectivity index is 1.36. The molecule has 0 N–H and O–H groups in total. The summed E-state index contributed by atoms with van der Waals surface area (Å²) in [5, 5.41) is 9.34. The Morgan fingerprint density at radius 2 is 1.68 bits per heavy atom. The predicted octanol–water partition coefficient (Wildman–Crippen LogP) is 4.77. The Labute approximate surface area is 221 Å². The van der Waals surface area contributed by atoms with Crippen LogP contribution in [0.2, 0.25) is 5.02 Å². The molecule has 0 unspecified atom stereocenters. The van der Waals surface area contributed by atoms with Crippen LogP contribution in [0.4, 0.5) is 10.2 Å². The zero-order valence-corrected chi connectivity index (χ0v) is 21.9. The fourth-order valence-electron chi connectivity index (χ4n) is 4.20. The lowest BCUT2D eigenvalue weighted by Crippen LogP contribution is -2.52. The van der Waals surface area contributed by atoms with Crippen molar-refractivity contribution in [2.45, 2.75) is 20.3 Å². The molecule has 9 heteroatoms. The zero-order valence-electron chi connectivity index (χ0n) is 21.1. The minimum atomic E-state index is -0.401. The molecule has 0 saturated carbocycles. The maximum atomic E-state index is 13.3. The third-order valence-corrected chi connectivity index (χ3v) is 6.77. The maximum Gasteiger partial charge on any atom is 0.254 e. The lowest BCUT2D eigenvalue weighted by Gasteiger charge is -2.36. The number of amides is 2. The van der Waals surface area contributed by atoms with Gasteiger partial charge in [0.25, 0.3) is 5.91 Å². The van der Waals surface area contributed by atoms with Gasteiger partial charge in [0.15, 0.2) is 5.82 Å². The molecule has 194 valence electrons. The van der Waals surface area contributed by atoms with Crippen LogP contribution in [-0.2, 0) is 4.79 Å². The summed E-state index contributed by atoms with van der Waals surface area (Å²) in [6, 6.07) is 16.8. The first-order valence-corrected chi connectivity index (χ1v) is 12.9. The number of aromatic nitrogens is 2. The first kappa shape index (κ1) is 26.5. The van der Waals surface area contributed by atoms with Crippen LogP contribution in [0.3, 0.4) is 0 Å². The summed E-state index contributed by atoms with van der Waals surface area (Å²) < 4.78 is 13.3. The Hall–Kier alpha value is -3.52. The van der Waals surface area contributed by atoms with Crippen molar-refractivity contribution < 1.29 is 14.0 Å². The molecule has 7 nitrogen and oxygen atoms in total. The van der Waals surface area contributed by atoms with Gasteiger partial charge in [-0.15, -0.1) is 10.2 Å². The minimum Gasteiger partial charge on any atom is -0.352 e. The number of anilines is 1. The molecule has 2 heterocycles. The van der Waals surface area contributed by atoms with E-state index in [2.05, 4.69) is 28.9 Å². The fraction of sp³-hybridized carbons (Fsp3) is 0.357. The number of hydrogen-bond donors (Lipinski definition) is 0. The molecular formula is C28H31ClFN5O2. The van der Waals surface area contributed by atoms with Gasteiger partial charge in [-0.05, 0) is 54.8 Å². The van der Waals surface area contributed by atoms with Gasteiger partial charge in [-0.1, -0.05) is 43.6 Å². The van der Waals surface area contributed by atoms with Crippen molar-refractivity contribution >= 4 is 29.2 Å². The second kappa shape index (κ2) is 12.1. The van der Waals surface area contributed by atoms with E-state index < -0.39 is 5.82 Å². The smallest absolute Gasteiger partial charge is 0.254 e. The van der Waals surface area contributed by atoms with Crippen LogP contribution in [0, 0.1) is 11.7 Å². The number of rotatable bonds is 8. The van der Waals surface area contributed by atoms with E-state index in [4.69, 9.17) is 11.6 Å². The SMILES string of the molecule is CC(C)CCN(CC(=O)N1CCN(c2ccc(-c3ccccc3Cl)nn2)CC1)C(=O)c1ccc(F)cc1. The predicted molar refractivity (Wildman–Crippen MR) is 143 cm³/mol. The zero-order chi connectivity index (χ0) is 26.4. The summed E-state index contributed by atoms with van der Waals surface area (Å²) in [4.78, 5) is 31.6. The van der Waals surface area contributed by atoms with Crippen LogP contribution >= 0.6 is 11.6 Å². The summed E-state index contributed by atoms with van der Waals surface area (Å²) >= 11 is 6.27. The highest BCUT2D eigenvalue weighted by Crippen LogP contribution is 2.26. The van der Waals surface area contributed by atoms with E-state index in [0.29, 0.717) is 54.9 Å². The molecule has 2 amide bonds. The third kappa shape index (κ3) is 6.83. The van der Waals surface area contributed by atoms with Gasteiger partial charge in [0.2, 0.25) is 5.91 Å². The second-order valence-electron chi connectivity index (χ2n) is 9.54. The number of carbonyl (C=O) groups is 2. The van der Waals surface area contributed by atoms with E-state index in [-0.39, 0.29) is 18.4 Å². The van der Waals surface area contributed by atoms with Crippen molar-refractivity contribution in [1.29, 1.82) is 0 Å². The van der Waals surface area contributed by atoms with Crippen molar-refractivity contribution in [3.05, 3.63) is 77.1 Å². The van der Waals surface area contributed by atoms with Crippen LogP contribution in [0.25, 0.3) is 11.3 Å². The van der Waals surface area contributed by atoms with Gasteiger partial charge in [0.1, 0.15) is 12.4 Å². The lowest BCUT2D eigenvalue weighted by atomic mass is 10.1. The molecular weight excluding hydrogens is 493 g/mol. The van der Waals surface area contributed by atoms with E-state index in [1.807, 2.05) is 36.4 Å². The van der Waals surface area contributed by atoms with Gasteiger partial charge >= 0.3 is 0 Å². The van der Waals surface area contributed by atoms with Crippen molar-refractivity contribution in [2.75, 3.05) is 44.2 Å². The number of piperazine rings is 1. The van der Waals surface area contributed by atoms with Crippen LogP contribution in [0.5, 0.6) is 0 Å². The van der Waals surface area contributed by atoms with E-state index in [9.17, 15) is 14.0 Å². The quantitative estimate of drug-likeness (QED) is 0.425. The first-order chi connectivity index (χ1) is 17.8. The number of carbonyl (C=O) groups excluding carboxylic acids is 2. The summed E-state index contributed by atoms with van der Waals surface area (Å²) in [5.74, 6) is 0.364. The van der Waals surface area contributed by atoms with Crippen LogP contribution in [-0.4, -0.2) is 71.1 Å². The molecule has 1 fully saturated rings. The highest BCUT2D eigenvalue weighted by atomic mass is 35.5. The average Bonchev–Trinajstić information content (AvgIpc) is 2.91. The van der Waals surface area contributed by atoms with E-state index in [0.717, 1.165) is 17.8 Å². The van der Waals surface area contributed by atoms with Gasteiger partial charge < -0.3 is 14.7 Å². The average molecular weight is 524 g/mol. The molecule has 4 rings (SSSR count). The largest absolute Gasteiger partial charge is 0.352 e. The van der Waals surface area contributed by atoms with Crippen molar-refractivity contribution in [3.8, 4) is 11.3 Å². The van der Waals surface area contributed by atoms with Gasteiger partial charge in [0, 0.05) is 43.9 Å². The van der Waals surface area contributed by atoms with E-state index >= 15 is 0 Å². The van der Waals surface area contributed by atoms with Crippen LogP contribution in [0.1, 0.15) is 30.6 Å². The van der Waals surface area contributed by atoms with Gasteiger partial charge in [-0.25, -0.2) is 4.39 Å². The van der Waals surface area contributed by atoms with Crippen LogP contribution < -0.4 is 4.90 Å². The van der Waals surface area contributed by atoms with Gasteiger partial charge in [-0.2, -0.15) is 0 Å². The summed E-state index contributed by atoms with van der Waals surface area (Å²) in [6.07, 6.45) is 0.775. The third-order valence-electron chi connectivity index (χ3n) is 6.44. The molecule has 0 spiro atoms. The summed E-state index contributed by atoms with van der Waals surface area (Å²) in [6.45, 7) is 6.89. The van der Waals surface area contributed by atoms with Crippen molar-refractivity contribution in [2.24, 2.45) is 5.92 Å². The molecule has 1 aliphatic heterocycles. The van der Waals surface area contributed by atoms with Gasteiger partial charge in [-0.3, -0.25) is 9.59 Å². The maximum absolute atomic E-state index is 13.3. The summed E-state index contributed by atoms with van der Waals surface area (Å²) in [7, 11) is 0. The van der Waals surface area contributed by atoms with E-state index in [1.165, 1.54) is 24.3 Å². The number of halogens is 2.